The first kappa shape index (κ1) is 12.7. The second-order valence-corrected chi connectivity index (χ2v) is 6.14. The average Bonchev–Trinajstić information content (AvgIpc) is 3.05. The van der Waals surface area contributed by atoms with Gasteiger partial charge in [-0.3, -0.25) is 0 Å². The Labute approximate surface area is 118 Å². The fraction of sp³-hybridized carbons (Fsp3) is 0.533. The number of hydrogen-bond acceptors (Lipinski definition) is 4. The van der Waals surface area contributed by atoms with Crippen LogP contribution in [-0.2, 0) is 0 Å². The van der Waals surface area contributed by atoms with Gasteiger partial charge in [-0.05, 0) is 43.9 Å². The summed E-state index contributed by atoms with van der Waals surface area (Å²) in [5, 5.41) is 4.53. The third-order valence-electron chi connectivity index (χ3n) is 3.69. The predicted molar refractivity (Wildman–Crippen MR) is 81.2 cm³/mol. The monoisotopic (exact) mass is 276 g/mol. The lowest BCUT2D eigenvalue weighted by molar-refractivity contribution is 0.341. The van der Waals surface area contributed by atoms with E-state index in [1.807, 2.05) is 19.1 Å². The number of nitrogens with zero attached hydrogens (tertiary/aromatic N) is 1. The van der Waals surface area contributed by atoms with Gasteiger partial charge in [-0.25, -0.2) is 4.98 Å². The summed E-state index contributed by atoms with van der Waals surface area (Å²) in [5.41, 5.74) is 1.06. The number of hydrogen-bond donors (Lipinski definition) is 1. The van der Waals surface area contributed by atoms with Crippen molar-refractivity contribution in [3.05, 3.63) is 18.2 Å². The standard InChI is InChI=1S/C15H20N2OS/c1-2-18-12-7-8-13-14(9-12)19-15(17-13)16-10-11-5-3-4-6-11/h7-9,11H,2-6,10H2,1H3,(H,16,17). The lowest BCUT2D eigenvalue weighted by atomic mass is 10.1. The molecular weight excluding hydrogens is 256 g/mol. The summed E-state index contributed by atoms with van der Waals surface area (Å²) in [6.45, 7) is 3.78. The quantitative estimate of drug-likeness (QED) is 0.884. The molecule has 0 radical (unpaired) electrons. The third kappa shape index (κ3) is 3.00. The topological polar surface area (TPSA) is 34.1 Å². The van der Waals surface area contributed by atoms with Gasteiger partial charge in [-0.15, -0.1) is 0 Å². The van der Waals surface area contributed by atoms with Gasteiger partial charge >= 0.3 is 0 Å². The van der Waals surface area contributed by atoms with E-state index in [2.05, 4.69) is 16.4 Å². The van der Waals surface area contributed by atoms with E-state index < -0.39 is 0 Å². The summed E-state index contributed by atoms with van der Waals surface area (Å²) < 4.78 is 6.72. The predicted octanol–water partition coefficient (Wildman–Crippen LogP) is 4.30. The molecule has 1 aromatic carbocycles. The first-order valence-corrected chi connectivity index (χ1v) is 7.94. The van der Waals surface area contributed by atoms with Crippen LogP contribution in [0.25, 0.3) is 10.2 Å². The van der Waals surface area contributed by atoms with Crippen LogP contribution in [0, 0.1) is 5.92 Å². The van der Waals surface area contributed by atoms with Crippen molar-refractivity contribution in [3.63, 3.8) is 0 Å². The third-order valence-corrected chi connectivity index (χ3v) is 4.66. The van der Waals surface area contributed by atoms with Crippen molar-refractivity contribution in [3.8, 4) is 5.75 Å². The van der Waals surface area contributed by atoms with E-state index in [9.17, 15) is 0 Å². The van der Waals surface area contributed by atoms with Gasteiger partial charge in [0.1, 0.15) is 5.75 Å². The van der Waals surface area contributed by atoms with Gasteiger partial charge < -0.3 is 10.1 Å². The van der Waals surface area contributed by atoms with Gasteiger partial charge in [-0.1, -0.05) is 24.2 Å². The van der Waals surface area contributed by atoms with Crippen molar-refractivity contribution < 1.29 is 4.74 Å². The molecule has 1 saturated carbocycles. The van der Waals surface area contributed by atoms with Crippen molar-refractivity contribution >= 4 is 26.7 Å². The molecular formula is C15H20N2OS. The van der Waals surface area contributed by atoms with Crippen LogP contribution in [0.15, 0.2) is 18.2 Å². The highest BCUT2D eigenvalue weighted by molar-refractivity contribution is 7.22. The number of nitrogens with one attached hydrogen (secondary N) is 1. The molecule has 0 atom stereocenters. The molecule has 2 aromatic rings. The molecule has 3 rings (SSSR count). The van der Waals surface area contributed by atoms with E-state index >= 15 is 0 Å². The van der Waals surface area contributed by atoms with E-state index in [1.54, 1.807) is 11.3 Å². The molecule has 0 aliphatic heterocycles. The molecule has 0 unspecified atom stereocenters. The van der Waals surface area contributed by atoms with Crippen LogP contribution < -0.4 is 10.1 Å². The normalized spacial score (nSPS) is 16.1. The molecule has 0 saturated heterocycles. The summed E-state index contributed by atoms with van der Waals surface area (Å²) in [4.78, 5) is 4.63. The average molecular weight is 276 g/mol. The highest BCUT2D eigenvalue weighted by Gasteiger charge is 2.15. The minimum absolute atomic E-state index is 0.705. The van der Waals surface area contributed by atoms with Gasteiger partial charge in [0.25, 0.3) is 0 Å². The van der Waals surface area contributed by atoms with E-state index in [0.717, 1.165) is 28.9 Å². The molecule has 0 spiro atoms. The molecule has 1 aliphatic rings. The summed E-state index contributed by atoms with van der Waals surface area (Å²) in [5.74, 6) is 1.77. The molecule has 102 valence electrons. The molecule has 0 amide bonds. The molecule has 1 N–H and O–H groups in total. The fourth-order valence-corrected chi connectivity index (χ4v) is 3.58. The van der Waals surface area contributed by atoms with Crippen molar-refractivity contribution in [2.45, 2.75) is 32.6 Å². The highest BCUT2D eigenvalue weighted by Crippen LogP contribution is 2.30. The molecule has 1 heterocycles. The largest absolute Gasteiger partial charge is 0.494 e. The number of anilines is 1. The van der Waals surface area contributed by atoms with Crippen LogP contribution in [0.1, 0.15) is 32.6 Å². The Morgan fingerprint density at radius 2 is 2.21 bits per heavy atom. The smallest absolute Gasteiger partial charge is 0.183 e. The molecule has 4 heteroatoms. The maximum absolute atomic E-state index is 5.52. The molecule has 1 fully saturated rings. The Bertz CT molecular complexity index is 546. The summed E-state index contributed by atoms with van der Waals surface area (Å²) in [7, 11) is 0. The molecule has 19 heavy (non-hydrogen) atoms. The van der Waals surface area contributed by atoms with Crippen molar-refractivity contribution in [1.29, 1.82) is 0 Å². The number of benzene rings is 1. The van der Waals surface area contributed by atoms with Gasteiger partial charge in [0.2, 0.25) is 0 Å². The summed E-state index contributed by atoms with van der Waals surface area (Å²) >= 11 is 1.72. The lowest BCUT2D eigenvalue weighted by Crippen LogP contribution is -2.10. The second kappa shape index (κ2) is 5.78. The summed E-state index contributed by atoms with van der Waals surface area (Å²) in [6, 6.07) is 6.11. The first-order chi connectivity index (χ1) is 9.35. The minimum atomic E-state index is 0.705. The highest BCUT2D eigenvalue weighted by atomic mass is 32.1. The first-order valence-electron chi connectivity index (χ1n) is 7.12. The number of thiazole rings is 1. The van der Waals surface area contributed by atoms with Crippen molar-refractivity contribution in [2.75, 3.05) is 18.5 Å². The number of fused-ring (bicyclic) bond motifs is 1. The van der Waals surface area contributed by atoms with Crippen LogP contribution in [0.5, 0.6) is 5.75 Å². The zero-order valence-corrected chi connectivity index (χ0v) is 12.1. The lowest BCUT2D eigenvalue weighted by Gasteiger charge is -2.08. The zero-order chi connectivity index (χ0) is 13.1. The maximum atomic E-state index is 5.52. The van der Waals surface area contributed by atoms with Gasteiger partial charge in [0.15, 0.2) is 5.13 Å². The van der Waals surface area contributed by atoms with Crippen molar-refractivity contribution in [2.24, 2.45) is 5.92 Å². The van der Waals surface area contributed by atoms with E-state index in [0.29, 0.717) is 6.61 Å². The minimum Gasteiger partial charge on any atom is -0.494 e. The zero-order valence-electron chi connectivity index (χ0n) is 11.3. The van der Waals surface area contributed by atoms with Crippen LogP contribution in [0.4, 0.5) is 5.13 Å². The molecule has 1 aromatic heterocycles. The van der Waals surface area contributed by atoms with Crippen LogP contribution in [-0.4, -0.2) is 18.1 Å². The molecule has 3 nitrogen and oxygen atoms in total. The van der Waals surface area contributed by atoms with E-state index in [4.69, 9.17) is 4.74 Å². The SMILES string of the molecule is CCOc1ccc2nc(NCC3CCCC3)sc2c1. The fourth-order valence-electron chi connectivity index (χ4n) is 2.68. The molecule has 1 aliphatic carbocycles. The maximum Gasteiger partial charge on any atom is 0.183 e. The Balaban J connectivity index is 1.69. The van der Waals surface area contributed by atoms with Gasteiger partial charge in [0.05, 0.1) is 16.8 Å². The van der Waals surface area contributed by atoms with Crippen LogP contribution >= 0.6 is 11.3 Å². The van der Waals surface area contributed by atoms with Gasteiger partial charge in [-0.2, -0.15) is 0 Å². The number of ether oxygens (including phenoxy) is 1. The van der Waals surface area contributed by atoms with Gasteiger partial charge in [0, 0.05) is 6.54 Å². The Hall–Kier alpha value is -1.29. The number of rotatable bonds is 5. The molecule has 0 bridgehead atoms. The number of aromatic nitrogens is 1. The van der Waals surface area contributed by atoms with Crippen LogP contribution in [0.3, 0.4) is 0 Å². The van der Waals surface area contributed by atoms with E-state index in [-0.39, 0.29) is 0 Å². The van der Waals surface area contributed by atoms with E-state index in [1.165, 1.54) is 30.4 Å². The Morgan fingerprint density at radius 1 is 1.37 bits per heavy atom. The Morgan fingerprint density at radius 3 is 3.00 bits per heavy atom. The summed E-state index contributed by atoms with van der Waals surface area (Å²) in [6.07, 6.45) is 5.52. The Kier molecular flexibility index (Phi) is 3.87. The second-order valence-electron chi connectivity index (χ2n) is 5.11. The van der Waals surface area contributed by atoms with Crippen LogP contribution in [0.2, 0.25) is 0 Å². The van der Waals surface area contributed by atoms with Crippen molar-refractivity contribution in [1.82, 2.24) is 4.98 Å².